The van der Waals surface area contributed by atoms with E-state index < -0.39 is 34.0 Å². The van der Waals surface area contributed by atoms with Crippen molar-refractivity contribution in [1.29, 1.82) is 0 Å². The van der Waals surface area contributed by atoms with E-state index in [9.17, 15) is 22.8 Å². The van der Waals surface area contributed by atoms with Crippen molar-refractivity contribution in [3.8, 4) is 17.2 Å². The lowest BCUT2D eigenvalue weighted by Crippen LogP contribution is -2.33. The van der Waals surface area contributed by atoms with E-state index in [1.165, 1.54) is 37.3 Å². The smallest absolute Gasteiger partial charge is 0.434 e. The SMILES string of the molecule is Cc1c(Cl)c(C(F)(F)F)nc2ccc(Oc3c(Cl)cc(-n4nc(N)c(=O)[nH]c4=O)cc3Br)cc12. The number of aromatic amines is 1. The van der Waals surface area contributed by atoms with Gasteiger partial charge in [-0.2, -0.15) is 17.9 Å². The molecule has 0 aliphatic carbocycles. The zero-order chi connectivity index (χ0) is 24.9. The second-order valence-electron chi connectivity index (χ2n) is 6.97. The van der Waals surface area contributed by atoms with Crippen molar-refractivity contribution in [3.05, 3.63) is 76.9 Å². The van der Waals surface area contributed by atoms with Crippen LogP contribution in [0.2, 0.25) is 10.0 Å². The molecule has 0 atom stereocenters. The van der Waals surface area contributed by atoms with Crippen LogP contribution in [0.5, 0.6) is 11.5 Å². The quantitative estimate of drug-likeness (QED) is 0.344. The van der Waals surface area contributed by atoms with Gasteiger partial charge >= 0.3 is 11.9 Å². The van der Waals surface area contributed by atoms with Gasteiger partial charge in [0.2, 0.25) is 5.82 Å². The highest BCUT2D eigenvalue weighted by atomic mass is 79.9. The number of aromatic nitrogens is 4. The Morgan fingerprint density at radius 3 is 2.53 bits per heavy atom. The van der Waals surface area contributed by atoms with Crippen molar-refractivity contribution in [1.82, 2.24) is 19.7 Å². The normalized spacial score (nSPS) is 11.7. The van der Waals surface area contributed by atoms with Gasteiger partial charge in [0.1, 0.15) is 5.75 Å². The molecule has 2 heterocycles. The first kappa shape index (κ1) is 24.0. The van der Waals surface area contributed by atoms with E-state index in [1.54, 1.807) is 0 Å². The van der Waals surface area contributed by atoms with Crippen LogP contribution in [-0.2, 0) is 6.18 Å². The summed E-state index contributed by atoms with van der Waals surface area (Å²) in [6.45, 7) is 1.45. The molecule has 0 radical (unpaired) electrons. The number of nitrogens with zero attached hydrogens (tertiary/aromatic N) is 3. The molecule has 0 bridgehead atoms. The molecule has 0 aliphatic heterocycles. The number of alkyl halides is 3. The number of anilines is 1. The number of pyridine rings is 1. The van der Waals surface area contributed by atoms with Crippen LogP contribution in [0, 0.1) is 6.92 Å². The van der Waals surface area contributed by atoms with E-state index in [-0.39, 0.29) is 33.3 Å². The zero-order valence-electron chi connectivity index (χ0n) is 16.8. The molecule has 14 heteroatoms. The van der Waals surface area contributed by atoms with Crippen LogP contribution >= 0.6 is 39.1 Å². The fourth-order valence-corrected chi connectivity index (χ4v) is 4.25. The van der Waals surface area contributed by atoms with E-state index in [0.29, 0.717) is 9.86 Å². The molecule has 0 spiro atoms. The highest BCUT2D eigenvalue weighted by Crippen LogP contribution is 2.41. The number of nitrogens with one attached hydrogen (secondary N) is 1. The summed E-state index contributed by atoms with van der Waals surface area (Å²) in [7, 11) is 0. The Hall–Kier alpha value is -3.09. The van der Waals surface area contributed by atoms with Crippen LogP contribution in [0.15, 0.2) is 44.4 Å². The fourth-order valence-electron chi connectivity index (χ4n) is 3.10. The van der Waals surface area contributed by atoms with Crippen molar-refractivity contribution in [2.24, 2.45) is 0 Å². The predicted molar refractivity (Wildman–Crippen MR) is 124 cm³/mol. The molecule has 0 saturated carbocycles. The predicted octanol–water partition coefficient (Wildman–Crippen LogP) is 5.24. The van der Waals surface area contributed by atoms with Crippen molar-refractivity contribution in [2.75, 3.05) is 5.73 Å². The lowest BCUT2D eigenvalue weighted by atomic mass is 10.1. The standard InChI is InChI=1S/C20H11BrCl2F3N5O3/c1-7-10-6-9(2-3-13(10)28-16(14(7)23)20(24,25)26)34-15-11(21)4-8(5-12(15)22)31-19(33)29-18(32)17(27)30-31/h2-6H,1H3,(H2,27,30)(H,29,32,33). The largest absolute Gasteiger partial charge is 0.455 e. The van der Waals surface area contributed by atoms with Gasteiger partial charge in [-0.25, -0.2) is 9.78 Å². The minimum atomic E-state index is -4.70. The molecule has 0 amide bonds. The summed E-state index contributed by atoms with van der Waals surface area (Å²) in [6.07, 6.45) is -4.70. The van der Waals surface area contributed by atoms with Crippen LogP contribution in [0.4, 0.5) is 19.0 Å². The lowest BCUT2D eigenvalue weighted by Gasteiger charge is -2.15. The number of aryl methyl sites for hydroxylation is 1. The van der Waals surface area contributed by atoms with Crippen LogP contribution < -0.4 is 21.7 Å². The first-order valence-electron chi connectivity index (χ1n) is 9.20. The minimum absolute atomic E-state index is 0.0586. The number of nitrogen functional groups attached to an aromatic ring is 1. The number of fused-ring (bicyclic) bond motifs is 1. The second-order valence-corrected chi connectivity index (χ2v) is 8.61. The Morgan fingerprint density at radius 1 is 1.18 bits per heavy atom. The van der Waals surface area contributed by atoms with Crippen LogP contribution in [0.25, 0.3) is 16.6 Å². The Kier molecular flexibility index (Phi) is 6.08. The second kappa shape index (κ2) is 8.60. The number of benzene rings is 2. The lowest BCUT2D eigenvalue weighted by molar-refractivity contribution is -0.140. The van der Waals surface area contributed by atoms with Gasteiger partial charge in [-0.3, -0.25) is 9.78 Å². The highest BCUT2D eigenvalue weighted by Gasteiger charge is 2.36. The molecule has 34 heavy (non-hydrogen) atoms. The number of ether oxygens (including phenoxy) is 1. The summed E-state index contributed by atoms with van der Waals surface area (Å²) in [5.41, 5.74) is 3.11. The van der Waals surface area contributed by atoms with Gasteiger partial charge in [-0.05, 0) is 58.7 Å². The Morgan fingerprint density at radius 2 is 1.88 bits per heavy atom. The van der Waals surface area contributed by atoms with Gasteiger partial charge in [0.25, 0.3) is 5.56 Å². The van der Waals surface area contributed by atoms with E-state index in [1.807, 2.05) is 4.98 Å². The number of nitrogens with two attached hydrogens (primary N) is 1. The molecule has 176 valence electrons. The molecule has 8 nitrogen and oxygen atoms in total. The molecule has 2 aromatic heterocycles. The van der Waals surface area contributed by atoms with Crippen molar-refractivity contribution in [3.63, 3.8) is 0 Å². The average molecular weight is 577 g/mol. The molecule has 0 fully saturated rings. The molecule has 0 saturated heterocycles. The molecule has 0 unspecified atom stereocenters. The highest BCUT2D eigenvalue weighted by molar-refractivity contribution is 9.10. The number of H-pyrrole nitrogens is 1. The third-order valence-corrected chi connectivity index (χ3v) is 6.04. The van der Waals surface area contributed by atoms with Gasteiger partial charge in [-0.15, -0.1) is 5.10 Å². The molecule has 3 N–H and O–H groups in total. The monoisotopic (exact) mass is 575 g/mol. The minimum Gasteiger partial charge on any atom is -0.455 e. The molecule has 0 aliphatic rings. The molecule has 4 rings (SSSR count). The maximum Gasteiger partial charge on any atom is 0.434 e. The number of halogens is 6. The van der Waals surface area contributed by atoms with Crippen molar-refractivity contribution >= 4 is 55.9 Å². The van der Waals surface area contributed by atoms with E-state index in [2.05, 4.69) is 26.0 Å². The first-order valence-corrected chi connectivity index (χ1v) is 10.7. The van der Waals surface area contributed by atoms with Crippen molar-refractivity contribution < 1.29 is 17.9 Å². The summed E-state index contributed by atoms with van der Waals surface area (Å²) in [6, 6.07) is 7.08. The maximum absolute atomic E-state index is 13.2. The van der Waals surface area contributed by atoms with E-state index >= 15 is 0 Å². The van der Waals surface area contributed by atoms with Crippen LogP contribution in [0.3, 0.4) is 0 Å². The molecule has 4 aromatic rings. The van der Waals surface area contributed by atoms with Gasteiger partial charge in [-0.1, -0.05) is 23.2 Å². The molecular weight excluding hydrogens is 566 g/mol. The number of rotatable bonds is 3. The summed E-state index contributed by atoms with van der Waals surface area (Å²) >= 11 is 15.6. The fraction of sp³-hybridized carbons (Fsp3) is 0.100. The number of hydrogen-bond acceptors (Lipinski definition) is 6. The Labute approximate surface area is 206 Å². The summed E-state index contributed by atoms with van der Waals surface area (Å²) in [5, 5.41) is 3.65. The van der Waals surface area contributed by atoms with Crippen molar-refractivity contribution in [2.45, 2.75) is 13.1 Å². The van der Waals surface area contributed by atoms with Crippen LogP contribution in [0.1, 0.15) is 11.3 Å². The number of hydrogen-bond donors (Lipinski definition) is 2. The summed E-state index contributed by atoms with van der Waals surface area (Å²) < 4.78 is 46.6. The van der Waals surface area contributed by atoms with Gasteiger partial charge in [0.15, 0.2) is 11.4 Å². The third-order valence-electron chi connectivity index (χ3n) is 4.71. The maximum atomic E-state index is 13.2. The van der Waals surface area contributed by atoms with E-state index in [0.717, 1.165) is 4.68 Å². The Bertz CT molecular complexity index is 1560. The first-order chi connectivity index (χ1) is 15.9. The van der Waals surface area contributed by atoms with Gasteiger partial charge in [0.05, 0.1) is 25.7 Å². The molecule has 2 aromatic carbocycles. The van der Waals surface area contributed by atoms with Gasteiger partial charge in [0, 0.05) is 5.39 Å². The summed E-state index contributed by atoms with van der Waals surface area (Å²) in [5.74, 6) is -0.0226. The van der Waals surface area contributed by atoms with Crippen LogP contribution in [-0.4, -0.2) is 19.7 Å². The van der Waals surface area contributed by atoms with E-state index in [4.69, 9.17) is 33.7 Å². The average Bonchev–Trinajstić information content (AvgIpc) is 2.75. The topological polar surface area (TPSA) is 116 Å². The Balaban J connectivity index is 1.75. The van der Waals surface area contributed by atoms with Gasteiger partial charge < -0.3 is 10.5 Å². The summed E-state index contributed by atoms with van der Waals surface area (Å²) in [4.78, 5) is 29.2. The zero-order valence-corrected chi connectivity index (χ0v) is 19.9. The molecular formula is C20H11BrCl2F3N5O3. The third kappa shape index (κ3) is 4.36.